The van der Waals surface area contributed by atoms with Gasteiger partial charge in [-0.25, -0.2) is 0 Å². The lowest BCUT2D eigenvalue weighted by molar-refractivity contribution is -0.122. The smallest absolute Gasteiger partial charge is 0.455 e. The SMILES string of the molecule is O=C1[C@@H]2[C@@H](CC(COc3ccccc3)=C3[C@@H](CC/C(=C/c4cccc(O)c4)c4ccccc4)OB(O)C[C@@H]32)C(=O)N1c1ccc(Nc2ccccc2)cc1. The van der Waals surface area contributed by atoms with Gasteiger partial charge < -0.3 is 24.8 Å². The second kappa shape index (κ2) is 15.6. The van der Waals surface area contributed by atoms with Crippen LogP contribution in [0.4, 0.5) is 17.1 Å². The minimum atomic E-state index is -1.10. The number of fused-ring (bicyclic) bond motifs is 3. The van der Waals surface area contributed by atoms with Gasteiger partial charge in [-0.3, -0.25) is 14.5 Å². The van der Waals surface area contributed by atoms with Crippen molar-refractivity contribution in [2.24, 2.45) is 17.8 Å². The Hall–Kier alpha value is -5.90. The maximum atomic E-state index is 14.4. The van der Waals surface area contributed by atoms with E-state index >= 15 is 0 Å². The molecule has 8 nitrogen and oxygen atoms in total. The van der Waals surface area contributed by atoms with Crippen LogP contribution in [-0.2, 0) is 14.2 Å². The van der Waals surface area contributed by atoms with Crippen molar-refractivity contribution in [3.05, 3.63) is 162 Å². The van der Waals surface area contributed by atoms with Crippen LogP contribution in [0.25, 0.3) is 11.6 Å². The van der Waals surface area contributed by atoms with E-state index < -0.39 is 31.0 Å². The summed E-state index contributed by atoms with van der Waals surface area (Å²) >= 11 is 0. The first kappa shape index (κ1) is 35.2. The fourth-order valence-corrected chi connectivity index (χ4v) is 8.27. The van der Waals surface area contributed by atoms with Crippen LogP contribution < -0.4 is 15.0 Å². The van der Waals surface area contributed by atoms with Crippen LogP contribution in [0.3, 0.4) is 0 Å². The minimum Gasteiger partial charge on any atom is -0.508 e. The van der Waals surface area contributed by atoms with E-state index in [4.69, 9.17) is 9.39 Å². The first-order chi connectivity index (χ1) is 26.4. The topological polar surface area (TPSA) is 108 Å². The Balaban J connectivity index is 1.10. The third kappa shape index (κ3) is 7.46. The predicted molar refractivity (Wildman–Crippen MR) is 212 cm³/mol. The van der Waals surface area contributed by atoms with Crippen molar-refractivity contribution in [2.75, 3.05) is 16.8 Å². The number of ether oxygens (including phenoxy) is 1. The van der Waals surface area contributed by atoms with Crippen molar-refractivity contribution in [2.45, 2.75) is 31.7 Å². The minimum absolute atomic E-state index is 0.187. The third-order valence-corrected chi connectivity index (χ3v) is 10.7. The van der Waals surface area contributed by atoms with Crippen LogP contribution >= 0.6 is 0 Å². The van der Waals surface area contributed by atoms with Gasteiger partial charge in [0.1, 0.15) is 18.1 Å². The lowest BCUT2D eigenvalue weighted by atomic mass is 9.58. The molecule has 0 saturated carbocycles. The highest BCUT2D eigenvalue weighted by atomic mass is 16.5. The number of phenols is 1. The Bertz CT molecular complexity index is 2170. The molecule has 2 heterocycles. The van der Waals surface area contributed by atoms with Gasteiger partial charge in [-0.2, -0.15) is 0 Å². The summed E-state index contributed by atoms with van der Waals surface area (Å²) < 4.78 is 12.6. The molecule has 8 rings (SSSR count). The standard InChI is InChI=1S/C45H41BN2O6/c49-37-16-10-11-30(26-37)25-32(31-12-4-1-5-13-31)19-24-41-42-33(29-53-38-17-8-3-9-18-38)27-39-43(40(42)28-46(52)54-41)45(51)48(44(39)50)36-22-20-35(21-23-36)47-34-14-6-2-7-15-34/h1-18,20-23,25-26,39-41,43,47,49,52H,19,24,27-29H2/b32-25-/t39-,40+,41-,43-/m1/s1. The number of carbonyl (C=O) groups is 2. The molecule has 0 unspecified atom stereocenters. The molecule has 2 amide bonds. The van der Waals surface area contributed by atoms with Gasteiger partial charge in [-0.15, -0.1) is 0 Å². The van der Waals surface area contributed by atoms with Crippen molar-refractivity contribution in [1.29, 1.82) is 0 Å². The second-order valence-electron chi connectivity index (χ2n) is 14.1. The maximum Gasteiger partial charge on any atom is 0.455 e. The molecule has 0 aromatic heterocycles. The van der Waals surface area contributed by atoms with Gasteiger partial charge in [-0.1, -0.05) is 84.9 Å². The highest BCUT2D eigenvalue weighted by Gasteiger charge is 2.57. The number of anilines is 3. The van der Waals surface area contributed by atoms with Crippen molar-refractivity contribution < 1.29 is 29.1 Å². The van der Waals surface area contributed by atoms with Crippen molar-refractivity contribution in [3.8, 4) is 11.5 Å². The fourth-order valence-electron chi connectivity index (χ4n) is 8.27. The van der Waals surface area contributed by atoms with Gasteiger partial charge in [0.15, 0.2) is 0 Å². The van der Waals surface area contributed by atoms with E-state index in [9.17, 15) is 19.7 Å². The van der Waals surface area contributed by atoms with Gasteiger partial charge in [0.25, 0.3) is 0 Å². The Kier molecular flexibility index (Phi) is 10.2. The van der Waals surface area contributed by atoms with E-state index in [0.29, 0.717) is 30.7 Å². The van der Waals surface area contributed by atoms with Crippen LogP contribution in [0.2, 0.25) is 6.32 Å². The number of allylic oxidation sites excluding steroid dienone is 1. The maximum absolute atomic E-state index is 14.4. The molecular weight excluding hydrogens is 675 g/mol. The van der Waals surface area contributed by atoms with E-state index in [1.807, 2.05) is 103 Å². The van der Waals surface area contributed by atoms with Crippen LogP contribution in [-0.4, -0.2) is 41.8 Å². The van der Waals surface area contributed by atoms with Gasteiger partial charge in [0.2, 0.25) is 11.8 Å². The molecule has 1 aliphatic carbocycles. The van der Waals surface area contributed by atoms with E-state index in [2.05, 4.69) is 23.5 Å². The number of hydrogen-bond donors (Lipinski definition) is 3. The molecule has 54 heavy (non-hydrogen) atoms. The number of nitrogens with one attached hydrogen (secondary N) is 1. The van der Waals surface area contributed by atoms with Gasteiger partial charge in [0, 0.05) is 11.4 Å². The average molecular weight is 717 g/mol. The number of aromatic hydroxyl groups is 1. The summed E-state index contributed by atoms with van der Waals surface area (Å²) in [5, 5.41) is 24.8. The number of phenolic OH excluding ortho intramolecular Hbond substituents is 1. The molecule has 3 N–H and O–H groups in total. The average Bonchev–Trinajstić information content (AvgIpc) is 3.45. The van der Waals surface area contributed by atoms with Crippen molar-refractivity contribution >= 4 is 47.6 Å². The van der Waals surface area contributed by atoms with Gasteiger partial charge in [-0.05, 0) is 120 Å². The second-order valence-corrected chi connectivity index (χ2v) is 14.1. The summed E-state index contributed by atoms with van der Waals surface area (Å²) in [6.45, 7) is 0.237. The summed E-state index contributed by atoms with van der Waals surface area (Å²) in [6.07, 6.45) is 3.24. The van der Waals surface area contributed by atoms with Crippen LogP contribution in [0.15, 0.2) is 151 Å². The Labute approximate surface area is 315 Å². The molecule has 2 fully saturated rings. The quantitative estimate of drug-likeness (QED) is 0.0544. The van der Waals surface area contributed by atoms with Crippen molar-refractivity contribution in [3.63, 3.8) is 0 Å². The molecule has 9 heteroatoms. The Morgan fingerprint density at radius 1 is 0.815 bits per heavy atom. The third-order valence-electron chi connectivity index (χ3n) is 10.7. The number of imide groups is 1. The molecule has 5 aromatic rings. The number of nitrogens with zero attached hydrogens (tertiary/aromatic N) is 1. The molecular formula is C45H41BN2O6. The molecule has 0 radical (unpaired) electrons. The van der Waals surface area contributed by atoms with Crippen LogP contribution in [0.5, 0.6) is 11.5 Å². The molecule has 3 aliphatic rings. The Morgan fingerprint density at radius 2 is 1.50 bits per heavy atom. The lowest BCUT2D eigenvalue weighted by Gasteiger charge is -2.43. The van der Waals surface area contributed by atoms with E-state index in [-0.39, 0.29) is 30.5 Å². The van der Waals surface area contributed by atoms with E-state index in [0.717, 1.165) is 39.2 Å². The van der Waals surface area contributed by atoms with Crippen LogP contribution in [0.1, 0.15) is 30.4 Å². The fraction of sp³-hybridized carbons (Fsp3) is 0.200. The Morgan fingerprint density at radius 3 is 2.22 bits per heavy atom. The number of benzene rings is 5. The monoisotopic (exact) mass is 716 g/mol. The summed E-state index contributed by atoms with van der Waals surface area (Å²) in [5.74, 6) is -1.21. The number of amides is 2. The van der Waals surface area contributed by atoms with Crippen molar-refractivity contribution in [1.82, 2.24) is 0 Å². The highest BCUT2D eigenvalue weighted by molar-refractivity contribution is 6.43. The molecule has 0 spiro atoms. The first-order valence-corrected chi connectivity index (χ1v) is 18.5. The predicted octanol–water partition coefficient (Wildman–Crippen LogP) is 8.54. The van der Waals surface area contributed by atoms with Crippen LogP contribution in [0, 0.1) is 17.8 Å². The number of para-hydroxylation sites is 2. The molecule has 2 saturated heterocycles. The molecule has 5 aromatic carbocycles. The lowest BCUT2D eigenvalue weighted by Crippen LogP contribution is -2.46. The number of carbonyl (C=O) groups excluding carboxylic acids is 2. The van der Waals surface area contributed by atoms with E-state index in [1.54, 1.807) is 24.3 Å². The summed E-state index contributed by atoms with van der Waals surface area (Å²) in [4.78, 5) is 30.0. The summed E-state index contributed by atoms with van der Waals surface area (Å²) in [7, 11) is -1.10. The number of hydrogen-bond acceptors (Lipinski definition) is 7. The number of rotatable bonds is 11. The molecule has 2 aliphatic heterocycles. The zero-order valence-corrected chi connectivity index (χ0v) is 29.8. The normalized spacial score (nSPS) is 21.2. The zero-order chi connectivity index (χ0) is 37.0. The van der Waals surface area contributed by atoms with E-state index in [1.165, 1.54) is 4.90 Å². The zero-order valence-electron chi connectivity index (χ0n) is 29.8. The summed E-state index contributed by atoms with van der Waals surface area (Å²) in [5.41, 5.74) is 7.14. The largest absolute Gasteiger partial charge is 0.508 e. The summed E-state index contributed by atoms with van der Waals surface area (Å²) in [6, 6.07) is 43.9. The van der Waals surface area contributed by atoms with Gasteiger partial charge in [0.05, 0.1) is 23.6 Å². The molecule has 4 atom stereocenters. The first-order valence-electron chi connectivity index (χ1n) is 18.5. The van der Waals surface area contributed by atoms with Gasteiger partial charge >= 0.3 is 7.12 Å². The molecule has 0 bridgehead atoms. The molecule has 270 valence electrons. The highest BCUT2D eigenvalue weighted by Crippen LogP contribution is 2.51.